The molecule has 4 heteroatoms. The summed E-state index contributed by atoms with van der Waals surface area (Å²) in [6.45, 7) is 0. The van der Waals surface area contributed by atoms with E-state index in [1.54, 1.807) is 0 Å². The van der Waals surface area contributed by atoms with Crippen LogP contribution in [-0.4, -0.2) is 23.0 Å². The molecule has 0 spiro atoms. The molecule has 0 aliphatic rings. The summed E-state index contributed by atoms with van der Waals surface area (Å²) < 4.78 is 4.68. The van der Waals surface area contributed by atoms with Crippen LogP contribution in [0.15, 0.2) is 48.5 Å². The van der Waals surface area contributed by atoms with Gasteiger partial charge in [0, 0.05) is 5.56 Å². The molecule has 0 saturated heterocycles. The van der Waals surface area contributed by atoms with Crippen LogP contribution in [0.5, 0.6) is 0 Å². The number of nitrogens with one attached hydrogen (secondary N) is 1. The minimum atomic E-state index is -0.243. The standard InChI is InChI=1S/C16H14N2O2/c1-20-15(19)10-11-7-8-13-14(9-11)18-16(17-13)12-5-3-2-4-6-12/h2-9H,10H2,1H3,(H,17,18). The zero-order chi connectivity index (χ0) is 13.9. The van der Waals surface area contributed by atoms with E-state index >= 15 is 0 Å². The van der Waals surface area contributed by atoms with Crippen molar-refractivity contribution in [2.45, 2.75) is 6.42 Å². The lowest BCUT2D eigenvalue weighted by Gasteiger charge is -1.99. The van der Waals surface area contributed by atoms with Crippen LogP contribution in [0.4, 0.5) is 0 Å². The van der Waals surface area contributed by atoms with Crippen molar-refractivity contribution in [2.24, 2.45) is 0 Å². The predicted molar refractivity (Wildman–Crippen MR) is 77.2 cm³/mol. The van der Waals surface area contributed by atoms with E-state index in [0.29, 0.717) is 0 Å². The molecule has 2 aromatic carbocycles. The minimum Gasteiger partial charge on any atom is -0.469 e. The highest BCUT2D eigenvalue weighted by molar-refractivity contribution is 5.81. The topological polar surface area (TPSA) is 55.0 Å². The number of carbonyl (C=O) groups is 1. The van der Waals surface area contributed by atoms with Gasteiger partial charge in [-0.15, -0.1) is 0 Å². The van der Waals surface area contributed by atoms with Crippen LogP contribution in [-0.2, 0) is 16.0 Å². The van der Waals surface area contributed by atoms with Crippen LogP contribution >= 0.6 is 0 Å². The molecule has 0 amide bonds. The molecule has 0 saturated carbocycles. The SMILES string of the molecule is COC(=O)Cc1ccc2nc(-c3ccccc3)[nH]c2c1. The molecule has 3 rings (SSSR count). The second-order valence-electron chi connectivity index (χ2n) is 4.56. The van der Waals surface area contributed by atoms with Gasteiger partial charge < -0.3 is 9.72 Å². The maximum Gasteiger partial charge on any atom is 0.309 e. The Hall–Kier alpha value is -2.62. The lowest BCUT2D eigenvalue weighted by molar-refractivity contribution is -0.139. The molecule has 0 bridgehead atoms. The second-order valence-corrected chi connectivity index (χ2v) is 4.56. The molecule has 0 fully saturated rings. The van der Waals surface area contributed by atoms with E-state index in [0.717, 1.165) is 28.0 Å². The monoisotopic (exact) mass is 266 g/mol. The van der Waals surface area contributed by atoms with Gasteiger partial charge in [0.1, 0.15) is 5.82 Å². The lowest BCUT2D eigenvalue weighted by Crippen LogP contribution is -2.04. The van der Waals surface area contributed by atoms with Crippen molar-refractivity contribution in [1.82, 2.24) is 9.97 Å². The van der Waals surface area contributed by atoms with Gasteiger partial charge >= 0.3 is 5.97 Å². The summed E-state index contributed by atoms with van der Waals surface area (Å²) in [6.07, 6.45) is 0.270. The predicted octanol–water partition coefficient (Wildman–Crippen LogP) is 2.95. The number of imidazole rings is 1. The first-order valence-electron chi connectivity index (χ1n) is 6.37. The zero-order valence-corrected chi connectivity index (χ0v) is 11.1. The van der Waals surface area contributed by atoms with Crippen molar-refractivity contribution < 1.29 is 9.53 Å². The maximum atomic E-state index is 11.3. The normalized spacial score (nSPS) is 10.7. The molecule has 0 atom stereocenters. The zero-order valence-electron chi connectivity index (χ0n) is 11.1. The summed E-state index contributed by atoms with van der Waals surface area (Å²) in [5.41, 5.74) is 3.76. The molecule has 4 nitrogen and oxygen atoms in total. The quantitative estimate of drug-likeness (QED) is 0.741. The minimum absolute atomic E-state index is 0.243. The lowest BCUT2D eigenvalue weighted by atomic mass is 10.1. The van der Waals surface area contributed by atoms with Gasteiger partial charge in [-0.3, -0.25) is 4.79 Å². The van der Waals surface area contributed by atoms with Gasteiger partial charge in [-0.1, -0.05) is 36.4 Å². The molecule has 1 aromatic heterocycles. The van der Waals surface area contributed by atoms with Gasteiger partial charge in [0.15, 0.2) is 0 Å². The van der Waals surface area contributed by atoms with Crippen LogP contribution in [0, 0.1) is 0 Å². The van der Waals surface area contributed by atoms with E-state index in [4.69, 9.17) is 0 Å². The smallest absolute Gasteiger partial charge is 0.309 e. The summed E-state index contributed by atoms with van der Waals surface area (Å²) in [4.78, 5) is 19.1. The third kappa shape index (κ3) is 2.40. The molecule has 0 aliphatic heterocycles. The molecule has 0 aliphatic carbocycles. The Morgan fingerprint density at radius 1 is 1.20 bits per heavy atom. The Bertz CT molecular complexity index is 748. The fourth-order valence-electron chi connectivity index (χ4n) is 2.14. The van der Waals surface area contributed by atoms with Crippen LogP contribution in [0.25, 0.3) is 22.4 Å². The molecule has 3 aromatic rings. The van der Waals surface area contributed by atoms with Crippen LogP contribution < -0.4 is 0 Å². The molecule has 0 radical (unpaired) electrons. The highest BCUT2D eigenvalue weighted by Crippen LogP contribution is 2.21. The van der Waals surface area contributed by atoms with Crippen molar-refractivity contribution in [3.63, 3.8) is 0 Å². The highest BCUT2D eigenvalue weighted by Gasteiger charge is 2.07. The number of nitrogens with zero attached hydrogens (tertiary/aromatic N) is 1. The number of carbonyl (C=O) groups excluding carboxylic acids is 1. The number of benzene rings is 2. The number of methoxy groups -OCH3 is 1. The Kier molecular flexibility index (Phi) is 3.21. The van der Waals surface area contributed by atoms with E-state index in [9.17, 15) is 4.79 Å². The Balaban J connectivity index is 1.97. The average molecular weight is 266 g/mol. The molecular formula is C16H14N2O2. The summed E-state index contributed by atoms with van der Waals surface area (Å²) in [7, 11) is 1.39. The number of fused-ring (bicyclic) bond motifs is 1. The van der Waals surface area contributed by atoms with Gasteiger partial charge in [-0.25, -0.2) is 4.98 Å². The van der Waals surface area contributed by atoms with Crippen molar-refractivity contribution in [2.75, 3.05) is 7.11 Å². The van der Waals surface area contributed by atoms with E-state index in [2.05, 4.69) is 14.7 Å². The molecule has 100 valence electrons. The number of rotatable bonds is 3. The molecular weight excluding hydrogens is 252 g/mol. The molecule has 0 unspecified atom stereocenters. The summed E-state index contributed by atoms with van der Waals surface area (Å²) in [6, 6.07) is 15.7. The van der Waals surface area contributed by atoms with Gasteiger partial charge in [0.05, 0.1) is 24.6 Å². The molecule has 1 N–H and O–H groups in total. The van der Waals surface area contributed by atoms with Gasteiger partial charge in [0.25, 0.3) is 0 Å². The van der Waals surface area contributed by atoms with E-state index in [1.165, 1.54) is 7.11 Å². The Labute approximate surface area is 116 Å². The third-order valence-electron chi connectivity index (χ3n) is 3.17. The first kappa shape index (κ1) is 12.4. The fraction of sp³-hybridized carbons (Fsp3) is 0.125. The number of aromatic amines is 1. The summed E-state index contributed by atoms with van der Waals surface area (Å²) in [5, 5.41) is 0. The van der Waals surface area contributed by atoms with Crippen molar-refractivity contribution in [3.05, 3.63) is 54.1 Å². The molecule has 1 heterocycles. The van der Waals surface area contributed by atoms with Gasteiger partial charge in [0.2, 0.25) is 0 Å². The number of hydrogen-bond acceptors (Lipinski definition) is 3. The number of ether oxygens (including phenoxy) is 1. The van der Waals surface area contributed by atoms with Gasteiger partial charge in [-0.05, 0) is 17.7 Å². The van der Waals surface area contributed by atoms with Crippen molar-refractivity contribution >= 4 is 17.0 Å². The number of hydrogen-bond donors (Lipinski definition) is 1. The summed E-state index contributed by atoms with van der Waals surface area (Å²) >= 11 is 0. The summed E-state index contributed by atoms with van der Waals surface area (Å²) in [5.74, 6) is 0.586. The number of H-pyrrole nitrogens is 1. The first-order valence-corrected chi connectivity index (χ1v) is 6.37. The Morgan fingerprint density at radius 3 is 2.75 bits per heavy atom. The van der Waals surface area contributed by atoms with E-state index < -0.39 is 0 Å². The average Bonchev–Trinajstić information content (AvgIpc) is 2.91. The van der Waals surface area contributed by atoms with E-state index in [1.807, 2.05) is 48.5 Å². The number of esters is 1. The largest absolute Gasteiger partial charge is 0.469 e. The molecule has 20 heavy (non-hydrogen) atoms. The van der Waals surface area contributed by atoms with Crippen molar-refractivity contribution in [1.29, 1.82) is 0 Å². The van der Waals surface area contributed by atoms with Gasteiger partial charge in [-0.2, -0.15) is 0 Å². The van der Waals surface area contributed by atoms with Crippen molar-refractivity contribution in [3.8, 4) is 11.4 Å². The first-order chi connectivity index (χ1) is 9.76. The second kappa shape index (κ2) is 5.17. The number of aromatic nitrogens is 2. The van der Waals surface area contributed by atoms with Crippen LogP contribution in [0.1, 0.15) is 5.56 Å². The highest BCUT2D eigenvalue weighted by atomic mass is 16.5. The Morgan fingerprint density at radius 2 is 2.00 bits per heavy atom. The van der Waals surface area contributed by atoms with E-state index in [-0.39, 0.29) is 12.4 Å². The fourth-order valence-corrected chi connectivity index (χ4v) is 2.14. The maximum absolute atomic E-state index is 11.3. The van der Waals surface area contributed by atoms with Crippen LogP contribution in [0.3, 0.4) is 0 Å². The van der Waals surface area contributed by atoms with Crippen LogP contribution in [0.2, 0.25) is 0 Å². The third-order valence-corrected chi connectivity index (χ3v) is 3.17.